The highest BCUT2D eigenvalue weighted by molar-refractivity contribution is 5.90. The summed E-state index contributed by atoms with van der Waals surface area (Å²) in [6.45, 7) is 3.79. The van der Waals surface area contributed by atoms with Crippen molar-refractivity contribution in [2.75, 3.05) is 19.1 Å². The van der Waals surface area contributed by atoms with E-state index in [-0.39, 0.29) is 18.1 Å². The molecular formula is C35H34N2O4. The molecule has 0 saturated heterocycles. The summed E-state index contributed by atoms with van der Waals surface area (Å²) in [4.78, 5) is 19.7. The van der Waals surface area contributed by atoms with Gasteiger partial charge in [-0.1, -0.05) is 54.6 Å². The molecule has 208 valence electrons. The number of carbonyl (C=O) groups is 1. The van der Waals surface area contributed by atoms with Crippen LogP contribution in [0.1, 0.15) is 36.7 Å². The lowest BCUT2D eigenvalue weighted by molar-refractivity contribution is -0.149. The van der Waals surface area contributed by atoms with Gasteiger partial charge in [-0.05, 0) is 78.6 Å². The molecule has 0 fully saturated rings. The average Bonchev–Trinajstić information content (AvgIpc) is 3.38. The van der Waals surface area contributed by atoms with E-state index in [0.717, 1.165) is 56.0 Å². The van der Waals surface area contributed by atoms with Gasteiger partial charge in [-0.3, -0.25) is 0 Å². The van der Waals surface area contributed by atoms with Gasteiger partial charge in [0.2, 0.25) is 0 Å². The molecule has 6 nitrogen and oxygen atoms in total. The van der Waals surface area contributed by atoms with Gasteiger partial charge >= 0.3 is 5.97 Å². The zero-order valence-corrected chi connectivity index (χ0v) is 23.8. The third-order valence-corrected chi connectivity index (χ3v) is 7.78. The fourth-order valence-corrected chi connectivity index (χ4v) is 5.84. The second-order valence-electron chi connectivity index (χ2n) is 10.6. The van der Waals surface area contributed by atoms with Gasteiger partial charge in [-0.15, -0.1) is 0 Å². The highest BCUT2D eigenvalue weighted by Gasteiger charge is 2.42. The van der Waals surface area contributed by atoms with Crippen LogP contribution in [0.2, 0.25) is 0 Å². The lowest BCUT2D eigenvalue weighted by Gasteiger charge is -2.43. The van der Waals surface area contributed by atoms with E-state index in [0.29, 0.717) is 6.42 Å². The maximum absolute atomic E-state index is 13.8. The number of fused-ring (bicyclic) bond motifs is 3. The van der Waals surface area contributed by atoms with Crippen LogP contribution in [0.4, 0.5) is 5.69 Å². The molecule has 2 atom stereocenters. The summed E-state index contributed by atoms with van der Waals surface area (Å²) in [6.07, 6.45) is 0.322. The summed E-state index contributed by atoms with van der Waals surface area (Å²) in [6, 6.07) is 32.1. The lowest BCUT2D eigenvalue weighted by Crippen LogP contribution is -2.50. The molecule has 0 bridgehead atoms. The standard InChI is InChI=1S/C35H34N2O4/c1-22(2)41-35(38)32-21-30-29-7-5-6-8-31(29)36-33(30)34(25-13-19-28(40-4)20-14-25)37(32)26-15-9-23(10-16-26)24-11-17-27(39-3)18-12-24/h5-20,22,32,34,36H,21H2,1-4H3/t32-,34-/m0/s1. The van der Waals surface area contributed by atoms with Crippen LogP contribution in [-0.2, 0) is 16.0 Å². The number of aromatic nitrogens is 1. The minimum atomic E-state index is -0.511. The normalized spacial score (nSPS) is 16.5. The maximum Gasteiger partial charge on any atom is 0.329 e. The smallest absolute Gasteiger partial charge is 0.329 e. The maximum atomic E-state index is 13.8. The van der Waals surface area contributed by atoms with Crippen molar-refractivity contribution in [2.45, 2.75) is 38.5 Å². The number of H-pyrrole nitrogens is 1. The number of nitrogens with zero attached hydrogens (tertiary/aromatic N) is 1. The quantitative estimate of drug-likeness (QED) is 0.217. The van der Waals surface area contributed by atoms with Crippen molar-refractivity contribution < 1.29 is 19.0 Å². The van der Waals surface area contributed by atoms with E-state index in [1.54, 1.807) is 14.2 Å². The molecule has 0 aliphatic carbocycles. The lowest BCUT2D eigenvalue weighted by atomic mass is 9.87. The first kappa shape index (κ1) is 26.5. The van der Waals surface area contributed by atoms with Crippen molar-refractivity contribution in [3.05, 3.63) is 114 Å². The highest BCUT2D eigenvalue weighted by atomic mass is 16.5. The van der Waals surface area contributed by atoms with E-state index in [2.05, 4.69) is 70.5 Å². The molecule has 5 aromatic rings. The zero-order valence-electron chi connectivity index (χ0n) is 23.8. The Labute approximate surface area is 240 Å². The number of methoxy groups -OCH3 is 2. The number of aromatic amines is 1. The van der Waals surface area contributed by atoms with Crippen molar-refractivity contribution in [1.29, 1.82) is 0 Å². The van der Waals surface area contributed by atoms with Gasteiger partial charge in [0.05, 0.1) is 26.4 Å². The van der Waals surface area contributed by atoms with Crippen LogP contribution in [0.15, 0.2) is 97.1 Å². The summed E-state index contributed by atoms with van der Waals surface area (Å²) in [5.74, 6) is 1.38. The Balaban J connectivity index is 1.50. The van der Waals surface area contributed by atoms with E-state index in [1.807, 2.05) is 50.2 Å². The molecule has 0 saturated carbocycles. The number of anilines is 1. The minimum Gasteiger partial charge on any atom is -0.497 e. The van der Waals surface area contributed by atoms with Crippen molar-refractivity contribution in [1.82, 2.24) is 4.98 Å². The Morgan fingerprint density at radius 1 is 0.805 bits per heavy atom. The zero-order chi connectivity index (χ0) is 28.5. The Bertz CT molecular complexity index is 1650. The summed E-state index contributed by atoms with van der Waals surface area (Å²) in [5.41, 5.74) is 7.47. The Morgan fingerprint density at radius 2 is 1.39 bits per heavy atom. The number of hydrogen-bond donors (Lipinski definition) is 1. The summed E-state index contributed by atoms with van der Waals surface area (Å²) in [5, 5.41) is 1.14. The van der Waals surface area contributed by atoms with Crippen molar-refractivity contribution in [3.8, 4) is 22.6 Å². The van der Waals surface area contributed by atoms with Crippen molar-refractivity contribution in [2.24, 2.45) is 0 Å². The van der Waals surface area contributed by atoms with E-state index < -0.39 is 6.04 Å². The number of hydrogen-bond acceptors (Lipinski definition) is 5. The highest BCUT2D eigenvalue weighted by Crippen LogP contribution is 2.44. The molecule has 2 heterocycles. The van der Waals surface area contributed by atoms with Gasteiger partial charge in [0.15, 0.2) is 0 Å². The van der Waals surface area contributed by atoms with Gasteiger partial charge in [0.25, 0.3) is 0 Å². The van der Waals surface area contributed by atoms with Crippen LogP contribution >= 0.6 is 0 Å². The first-order valence-corrected chi connectivity index (χ1v) is 13.9. The van der Waals surface area contributed by atoms with E-state index in [9.17, 15) is 4.79 Å². The molecule has 0 radical (unpaired) electrons. The van der Waals surface area contributed by atoms with Gasteiger partial charge in [0, 0.05) is 28.7 Å². The van der Waals surface area contributed by atoms with Gasteiger partial charge in [-0.2, -0.15) is 0 Å². The third kappa shape index (κ3) is 5.02. The molecule has 41 heavy (non-hydrogen) atoms. The molecule has 1 N–H and O–H groups in total. The molecule has 6 heteroatoms. The first-order chi connectivity index (χ1) is 20.0. The van der Waals surface area contributed by atoms with Crippen LogP contribution in [0.25, 0.3) is 22.0 Å². The SMILES string of the molecule is COc1ccc(-c2ccc(N3[C@@H](c4ccc(OC)cc4)c4[nH]c5ccccc5c4C[C@H]3C(=O)OC(C)C)cc2)cc1. The number of esters is 1. The average molecular weight is 547 g/mol. The van der Waals surface area contributed by atoms with Crippen LogP contribution in [0.5, 0.6) is 11.5 Å². The predicted octanol–water partition coefficient (Wildman–Crippen LogP) is 7.32. The summed E-state index contributed by atoms with van der Waals surface area (Å²) in [7, 11) is 3.33. The molecule has 4 aromatic carbocycles. The predicted molar refractivity (Wildman–Crippen MR) is 163 cm³/mol. The van der Waals surface area contributed by atoms with Crippen LogP contribution < -0.4 is 14.4 Å². The number of carbonyl (C=O) groups excluding carboxylic acids is 1. The number of nitrogens with one attached hydrogen (secondary N) is 1. The number of benzene rings is 4. The molecule has 1 aromatic heterocycles. The number of ether oxygens (including phenoxy) is 3. The summed E-state index contributed by atoms with van der Waals surface area (Å²) < 4.78 is 16.6. The van der Waals surface area contributed by atoms with Gasteiger partial charge in [0.1, 0.15) is 17.5 Å². The van der Waals surface area contributed by atoms with Crippen molar-refractivity contribution >= 4 is 22.6 Å². The monoisotopic (exact) mass is 546 g/mol. The van der Waals surface area contributed by atoms with Gasteiger partial charge in [-0.25, -0.2) is 4.79 Å². The fourth-order valence-electron chi connectivity index (χ4n) is 5.84. The van der Waals surface area contributed by atoms with Crippen molar-refractivity contribution in [3.63, 3.8) is 0 Å². The number of para-hydroxylation sites is 1. The Kier molecular flexibility index (Phi) is 7.14. The first-order valence-electron chi connectivity index (χ1n) is 13.9. The molecule has 0 amide bonds. The van der Waals surface area contributed by atoms with E-state index >= 15 is 0 Å². The Hall–Kier alpha value is -4.71. The molecule has 0 unspecified atom stereocenters. The van der Waals surface area contributed by atoms with Gasteiger partial charge < -0.3 is 24.1 Å². The van der Waals surface area contributed by atoms with Crippen LogP contribution in [0.3, 0.4) is 0 Å². The largest absolute Gasteiger partial charge is 0.497 e. The van der Waals surface area contributed by atoms with E-state index in [4.69, 9.17) is 14.2 Å². The van der Waals surface area contributed by atoms with Crippen LogP contribution in [0, 0.1) is 0 Å². The van der Waals surface area contributed by atoms with E-state index in [1.165, 1.54) is 0 Å². The molecule has 0 spiro atoms. The molecule has 1 aliphatic heterocycles. The second kappa shape index (κ2) is 11.0. The molecule has 1 aliphatic rings. The minimum absolute atomic E-state index is 0.217. The fraction of sp³-hybridized carbons (Fsp3) is 0.229. The third-order valence-electron chi connectivity index (χ3n) is 7.78. The Morgan fingerprint density at radius 3 is 2.00 bits per heavy atom. The molecular weight excluding hydrogens is 512 g/mol. The second-order valence-corrected chi connectivity index (χ2v) is 10.6. The molecule has 6 rings (SSSR count). The van der Waals surface area contributed by atoms with Crippen LogP contribution in [-0.4, -0.2) is 37.3 Å². The topological polar surface area (TPSA) is 63.8 Å². The summed E-state index contributed by atoms with van der Waals surface area (Å²) >= 11 is 0. The number of rotatable bonds is 7.